The Balaban J connectivity index is 2.27. The van der Waals surface area contributed by atoms with E-state index in [9.17, 15) is 8.42 Å². The summed E-state index contributed by atoms with van der Waals surface area (Å²) >= 11 is 1.68. The van der Waals surface area contributed by atoms with Crippen LogP contribution in [-0.2, 0) is 20.5 Å². The van der Waals surface area contributed by atoms with Crippen LogP contribution < -0.4 is 0 Å². The van der Waals surface area contributed by atoms with Gasteiger partial charge in [-0.15, -0.1) is 0 Å². The molecule has 2 rings (SSSR count). The maximum Gasteiger partial charge on any atom is 0.243 e. The molecular formula is C14H21NO3S2. The summed E-state index contributed by atoms with van der Waals surface area (Å²) in [5.74, 6) is 0.819. The van der Waals surface area contributed by atoms with Gasteiger partial charge in [-0.1, -0.05) is 12.1 Å². The third-order valence-corrected chi connectivity index (χ3v) is 5.68. The summed E-state index contributed by atoms with van der Waals surface area (Å²) in [6, 6.07) is 7.21. The molecule has 1 fully saturated rings. The highest BCUT2D eigenvalue weighted by atomic mass is 32.2. The van der Waals surface area contributed by atoms with Crippen LogP contribution in [-0.4, -0.2) is 44.3 Å². The molecule has 0 aliphatic carbocycles. The van der Waals surface area contributed by atoms with Crippen molar-refractivity contribution >= 4 is 21.8 Å². The van der Waals surface area contributed by atoms with Crippen LogP contribution in [0.2, 0.25) is 0 Å². The van der Waals surface area contributed by atoms with Crippen LogP contribution in [0.1, 0.15) is 19.4 Å². The third-order valence-electron chi connectivity index (χ3n) is 3.23. The SMILES string of the molecule is CSCc1cccc(S(=O)(=O)N2C[C@@H](C)O[C@H](C)C2)c1. The van der Waals surface area contributed by atoms with Gasteiger partial charge in [0.05, 0.1) is 17.1 Å². The number of ether oxygens (including phenoxy) is 1. The molecule has 112 valence electrons. The summed E-state index contributed by atoms with van der Waals surface area (Å²) < 4.78 is 32.5. The molecule has 0 spiro atoms. The second-order valence-electron chi connectivity index (χ2n) is 5.16. The molecule has 0 N–H and O–H groups in total. The lowest BCUT2D eigenvalue weighted by molar-refractivity contribution is -0.0440. The van der Waals surface area contributed by atoms with E-state index in [-0.39, 0.29) is 12.2 Å². The molecule has 1 saturated heterocycles. The van der Waals surface area contributed by atoms with E-state index in [1.807, 2.05) is 32.2 Å². The van der Waals surface area contributed by atoms with Crippen LogP contribution in [0.15, 0.2) is 29.2 Å². The Kier molecular flexibility index (Phi) is 5.12. The Morgan fingerprint density at radius 2 is 1.95 bits per heavy atom. The van der Waals surface area contributed by atoms with Crippen molar-refractivity contribution in [1.82, 2.24) is 4.31 Å². The maximum absolute atomic E-state index is 12.7. The predicted octanol–water partition coefficient (Wildman–Crippen LogP) is 2.35. The summed E-state index contributed by atoms with van der Waals surface area (Å²) in [4.78, 5) is 0.380. The first-order chi connectivity index (χ1) is 9.43. The van der Waals surface area contributed by atoms with Crippen LogP contribution >= 0.6 is 11.8 Å². The van der Waals surface area contributed by atoms with Crippen molar-refractivity contribution in [2.24, 2.45) is 0 Å². The highest BCUT2D eigenvalue weighted by Gasteiger charge is 2.32. The Hall–Kier alpha value is -0.560. The van der Waals surface area contributed by atoms with Gasteiger partial charge in [-0.3, -0.25) is 0 Å². The zero-order valence-electron chi connectivity index (χ0n) is 12.1. The normalized spacial score (nSPS) is 24.8. The molecule has 6 heteroatoms. The van der Waals surface area contributed by atoms with Gasteiger partial charge >= 0.3 is 0 Å². The van der Waals surface area contributed by atoms with Crippen molar-refractivity contribution < 1.29 is 13.2 Å². The molecule has 2 atom stereocenters. The second-order valence-corrected chi connectivity index (χ2v) is 7.96. The predicted molar refractivity (Wildman–Crippen MR) is 82.4 cm³/mol. The summed E-state index contributed by atoms with van der Waals surface area (Å²) in [7, 11) is -3.42. The molecule has 4 nitrogen and oxygen atoms in total. The molecule has 0 bridgehead atoms. The number of hydrogen-bond donors (Lipinski definition) is 0. The van der Waals surface area contributed by atoms with Crippen LogP contribution in [0.5, 0.6) is 0 Å². The lowest BCUT2D eigenvalue weighted by atomic mass is 10.2. The largest absolute Gasteiger partial charge is 0.373 e. The number of hydrogen-bond acceptors (Lipinski definition) is 4. The smallest absolute Gasteiger partial charge is 0.243 e. The van der Waals surface area contributed by atoms with E-state index in [0.29, 0.717) is 18.0 Å². The molecule has 0 radical (unpaired) electrons. The summed E-state index contributed by atoms with van der Waals surface area (Å²) in [5.41, 5.74) is 1.04. The number of rotatable bonds is 4. The van der Waals surface area contributed by atoms with Gasteiger partial charge in [0.2, 0.25) is 10.0 Å². The zero-order valence-corrected chi connectivity index (χ0v) is 13.7. The van der Waals surface area contributed by atoms with Crippen molar-refractivity contribution in [3.63, 3.8) is 0 Å². The van der Waals surface area contributed by atoms with E-state index < -0.39 is 10.0 Å². The van der Waals surface area contributed by atoms with Crippen molar-refractivity contribution in [3.05, 3.63) is 29.8 Å². The lowest BCUT2D eigenvalue weighted by Gasteiger charge is -2.34. The summed E-state index contributed by atoms with van der Waals surface area (Å²) in [6.07, 6.45) is 1.87. The average molecular weight is 315 g/mol. The fourth-order valence-electron chi connectivity index (χ4n) is 2.44. The van der Waals surface area contributed by atoms with Gasteiger partial charge in [-0.2, -0.15) is 16.1 Å². The highest BCUT2D eigenvalue weighted by Crippen LogP contribution is 2.22. The molecule has 0 aromatic heterocycles. The fraction of sp³-hybridized carbons (Fsp3) is 0.571. The minimum atomic E-state index is -3.42. The van der Waals surface area contributed by atoms with Gasteiger partial charge in [0.1, 0.15) is 0 Å². The van der Waals surface area contributed by atoms with Crippen molar-refractivity contribution in [2.45, 2.75) is 36.7 Å². The van der Waals surface area contributed by atoms with Gasteiger partial charge in [0.15, 0.2) is 0 Å². The molecule has 1 aromatic rings. The Morgan fingerprint density at radius 1 is 1.30 bits per heavy atom. The standard InChI is InChI=1S/C14H21NO3S2/c1-11-8-15(9-12(2)18-11)20(16,17)14-6-4-5-13(7-14)10-19-3/h4-7,11-12H,8-10H2,1-3H3/t11-,12-/m1/s1. The Bertz CT molecular complexity index is 549. The number of sulfonamides is 1. The van der Waals surface area contributed by atoms with Crippen LogP contribution in [0.25, 0.3) is 0 Å². The Labute approximate surface area is 125 Å². The number of thioether (sulfide) groups is 1. The van der Waals surface area contributed by atoms with Crippen LogP contribution in [0.4, 0.5) is 0 Å². The Morgan fingerprint density at radius 3 is 2.55 bits per heavy atom. The highest BCUT2D eigenvalue weighted by molar-refractivity contribution is 7.97. The number of benzene rings is 1. The minimum Gasteiger partial charge on any atom is -0.373 e. The fourth-order valence-corrected chi connectivity index (χ4v) is 4.61. The molecule has 1 heterocycles. The quantitative estimate of drug-likeness (QED) is 0.856. The zero-order chi connectivity index (χ0) is 14.8. The molecule has 0 amide bonds. The summed E-state index contributed by atoms with van der Waals surface area (Å²) in [5, 5.41) is 0. The molecule has 0 saturated carbocycles. The monoisotopic (exact) mass is 315 g/mol. The van der Waals surface area contributed by atoms with Crippen LogP contribution in [0, 0.1) is 0 Å². The molecular weight excluding hydrogens is 294 g/mol. The van der Waals surface area contributed by atoms with Gasteiger partial charge in [0.25, 0.3) is 0 Å². The van der Waals surface area contributed by atoms with E-state index in [2.05, 4.69) is 0 Å². The molecule has 1 aliphatic rings. The topological polar surface area (TPSA) is 46.6 Å². The van der Waals surface area contributed by atoms with Crippen LogP contribution in [0.3, 0.4) is 0 Å². The first-order valence-electron chi connectivity index (χ1n) is 6.67. The van der Waals surface area contributed by atoms with E-state index in [0.717, 1.165) is 11.3 Å². The van der Waals surface area contributed by atoms with Gasteiger partial charge in [-0.05, 0) is 37.8 Å². The maximum atomic E-state index is 12.7. The minimum absolute atomic E-state index is 0.0668. The lowest BCUT2D eigenvalue weighted by Crippen LogP contribution is -2.48. The number of morpholine rings is 1. The van der Waals surface area contributed by atoms with Gasteiger partial charge in [-0.25, -0.2) is 8.42 Å². The van der Waals surface area contributed by atoms with Crippen molar-refractivity contribution in [2.75, 3.05) is 19.3 Å². The first-order valence-corrected chi connectivity index (χ1v) is 9.50. The molecule has 1 aromatic carbocycles. The molecule has 0 unspecified atom stereocenters. The van der Waals surface area contributed by atoms with E-state index in [4.69, 9.17) is 4.74 Å². The van der Waals surface area contributed by atoms with E-state index >= 15 is 0 Å². The van der Waals surface area contributed by atoms with Gasteiger partial charge < -0.3 is 4.74 Å². The molecule has 1 aliphatic heterocycles. The number of nitrogens with zero attached hydrogens (tertiary/aromatic N) is 1. The van der Waals surface area contributed by atoms with Gasteiger partial charge in [0, 0.05) is 18.8 Å². The molecule has 20 heavy (non-hydrogen) atoms. The van der Waals surface area contributed by atoms with Crippen molar-refractivity contribution in [1.29, 1.82) is 0 Å². The summed E-state index contributed by atoms with van der Waals surface area (Å²) in [6.45, 7) is 4.64. The second kappa shape index (κ2) is 6.47. The first kappa shape index (κ1) is 15.8. The third kappa shape index (κ3) is 3.55. The van der Waals surface area contributed by atoms with E-state index in [1.54, 1.807) is 23.9 Å². The average Bonchev–Trinajstić information content (AvgIpc) is 2.38. The van der Waals surface area contributed by atoms with E-state index in [1.165, 1.54) is 4.31 Å². The van der Waals surface area contributed by atoms with Crippen molar-refractivity contribution in [3.8, 4) is 0 Å².